The summed E-state index contributed by atoms with van der Waals surface area (Å²) in [4.78, 5) is 30.3. The van der Waals surface area contributed by atoms with Crippen molar-refractivity contribution in [2.24, 2.45) is 0 Å². The number of anilines is 1. The standard InChI is InChI=1S/C29H32F2N4O2S/c1-18-8-7-9-20(14-18)35-28-25(27(32-35)29(2,3)4)26(21-11-10-19(30)15-22(21)31)38-17-24(37)34(28)16-23(36)33-12-5-6-13-33/h7-11,14-15,26H,5-6,12-13,16-17H2,1-4H3/t26-/m0/s1. The van der Waals surface area contributed by atoms with Gasteiger partial charge in [-0.15, -0.1) is 11.8 Å². The highest BCUT2D eigenvalue weighted by atomic mass is 32.2. The van der Waals surface area contributed by atoms with E-state index in [9.17, 15) is 14.0 Å². The normalized spacial score (nSPS) is 18.1. The van der Waals surface area contributed by atoms with Crippen molar-refractivity contribution in [3.63, 3.8) is 0 Å². The molecule has 2 amide bonds. The van der Waals surface area contributed by atoms with Gasteiger partial charge in [0.05, 0.1) is 22.4 Å². The van der Waals surface area contributed by atoms with Gasteiger partial charge in [-0.1, -0.05) is 39.0 Å². The highest BCUT2D eigenvalue weighted by molar-refractivity contribution is 8.00. The molecule has 1 fully saturated rings. The quantitative estimate of drug-likeness (QED) is 0.437. The van der Waals surface area contributed by atoms with Crippen LogP contribution in [-0.4, -0.2) is 51.9 Å². The number of benzene rings is 2. The molecule has 0 N–H and O–H groups in total. The first-order valence-electron chi connectivity index (χ1n) is 12.9. The number of carbonyl (C=O) groups is 2. The number of hydrogen-bond donors (Lipinski definition) is 0. The highest BCUT2D eigenvalue weighted by Crippen LogP contribution is 2.49. The molecule has 0 spiro atoms. The summed E-state index contributed by atoms with van der Waals surface area (Å²) in [6, 6.07) is 11.3. The molecular formula is C29H32F2N4O2S. The van der Waals surface area contributed by atoms with E-state index < -0.39 is 22.3 Å². The van der Waals surface area contributed by atoms with Gasteiger partial charge in [0.2, 0.25) is 11.8 Å². The lowest BCUT2D eigenvalue weighted by Gasteiger charge is -2.26. The molecule has 6 nitrogen and oxygen atoms in total. The van der Waals surface area contributed by atoms with E-state index in [-0.39, 0.29) is 29.7 Å². The van der Waals surface area contributed by atoms with Crippen LogP contribution in [0, 0.1) is 18.6 Å². The minimum absolute atomic E-state index is 0.0425. The third-order valence-corrected chi connectivity index (χ3v) is 8.28. The highest BCUT2D eigenvalue weighted by Gasteiger charge is 2.41. The van der Waals surface area contributed by atoms with E-state index in [0.29, 0.717) is 30.2 Å². The molecule has 200 valence electrons. The molecule has 2 aliphatic rings. The maximum atomic E-state index is 15.2. The van der Waals surface area contributed by atoms with Crippen LogP contribution in [0.25, 0.3) is 5.69 Å². The predicted octanol–water partition coefficient (Wildman–Crippen LogP) is 5.55. The Hall–Kier alpha value is -3.20. The van der Waals surface area contributed by atoms with E-state index in [1.165, 1.54) is 28.8 Å². The number of halogens is 2. The lowest BCUT2D eigenvalue weighted by atomic mass is 9.87. The molecule has 0 radical (unpaired) electrons. The Morgan fingerprint density at radius 2 is 1.84 bits per heavy atom. The summed E-state index contributed by atoms with van der Waals surface area (Å²) in [6.45, 7) is 9.27. The van der Waals surface area contributed by atoms with Crippen molar-refractivity contribution in [3.05, 3.63) is 76.5 Å². The minimum Gasteiger partial charge on any atom is -0.341 e. The molecule has 1 aromatic heterocycles. The summed E-state index contributed by atoms with van der Waals surface area (Å²) in [5.74, 6) is -1.19. The summed E-state index contributed by atoms with van der Waals surface area (Å²) >= 11 is 1.28. The van der Waals surface area contributed by atoms with Crippen molar-refractivity contribution in [1.82, 2.24) is 14.7 Å². The zero-order chi connectivity index (χ0) is 27.2. The fourth-order valence-electron chi connectivity index (χ4n) is 5.17. The van der Waals surface area contributed by atoms with Gasteiger partial charge in [-0.2, -0.15) is 5.10 Å². The van der Waals surface area contributed by atoms with E-state index in [1.54, 1.807) is 9.58 Å². The van der Waals surface area contributed by atoms with E-state index in [4.69, 9.17) is 5.10 Å². The van der Waals surface area contributed by atoms with Crippen molar-refractivity contribution < 1.29 is 18.4 Å². The second-order valence-electron chi connectivity index (χ2n) is 11.0. The van der Waals surface area contributed by atoms with Gasteiger partial charge in [-0.25, -0.2) is 13.5 Å². The number of nitrogens with zero attached hydrogens (tertiary/aromatic N) is 4. The fraction of sp³-hybridized carbons (Fsp3) is 0.414. The Morgan fingerprint density at radius 1 is 1.11 bits per heavy atom. The van der Waals surface area contributed by atoms with Gasteiger partial charge in [0, 0.05) is 35.7 Å². The van der Waals surface area contributed by atoms with E-state index >= 15 is 4.39 Å². The van der Waals surface area contributed by atoms with Gasteiger partial charge in [-0.3, -0.25) is 14.5 Å². The van der Waals surface area contributed by atoms with Gasteiger partial charge in [0.15, 0.2) is 0 Å². The van der Waals surface area contributed by atoms with Crippen molar-refractivity contribution >= 4 is 29.4 Å². The smallest absolute Gasteiger partial charge is 0.242 e. The third-order valence-electron chi connectivity index (χ3n) is 7.04. The van der Waals surface area contributed by atoms with Crippen molar-refractivity contribution in [2.45, 2.75) is 51.2 Å². The van der Waals surface area contributed by atoms with Crippen LogP contribution in [0.3, 0.4) is 0 Å². The first-order valence-corrected chi connectivity index (χ1v) is 13.9. The van der Waals surface area contributed by atoms with E-state index in [0.717, 1.165) is 30.2 Å². The van der Waals surface area contributed by atoms with Crippen molar-refractivity contribution in [3.8, 4) is 5.69 Å². The largest absolute Gasteiger partial charge is 0.341 e. The Morgan fingerprint density at radius 3 is 2.50 bits per heavy atom. The molecule has 0 bridgehead atoms. The molecule has 38 heavy (non-hydrogen) atoms. The molecule has 3 aromatic rings. The molecule has 0 unspecified atom stereocenters. The SMILES string of the molecule is Cc1cccc(-n2nc(C(C)(C)C)c3c2N(CC(=O)N2CCCC2)C(=O)CS[C@H]3c2ccc(F)cc2F)c1. The number of aromatic nitrogens is 2. The topological polar surface area (TPSA) is 58.4 Å². The van der Waals surface area contributed by atoms with Gasteiger partial charge in [0.1, 0.15) is 24.0 Å². The Kier molecular flexibility index (Phi) is 7.07. The van der Waals surface area contributed by atoms with Crippen LogP contribution >= 0.6 is 11.8 Å². The maximum Gasteiger partial charge on any atom is 0.242 e. The summed E-state index contributed by atoms with van der Waals surface area (Å²) in [7, 11) is 0. The van der Waals surface area contributed by atoms with Crippen LogP contribution in [0.15, 0.2) is 42.5 Å². The molecule has 9 heteroatoms. The Bertz CT molecular complexity index is 1390. The third kappa shape index (κ3) is 4.96. The molecule has 3 heterocycles. The molecule has 5 rings (SSSR count). The maximum absolute atomic E-state index is 15.2. The summed E-state index contributed by atoms with van der Waals surface area (Å²) in [6.07, 6.45) is 1.89. The average Bonchev–Trinajstić information content (AvgIpc) is 3.50. The number of amides is 2. The van der Waals surface area contributed by atoms with Crippen LogP contribution < -0.4 is 4.90 Å². The fourth-order valence-corrected chi connectivity index (χ4v) is 6.39. The molecule has 0 aliphatic carbocycles. The number of thioether (sulfide) groups is 1. The lowest BCUT2D eigenvalue weighted by molar-refractivity contribution is -0.130. The second-order valence-corrected chi connectivity index (χ2v) is 12.1. The summed E-state index contributed by atoms with van der Waals surface area (Å²) in [5.41, 5.74) is 2.95. The molecule has 1 atom stereocenters. The van der Waals surface area contributed by atoms with Crippen molar-refractivity contribution in [2.75, 3.05) is 30.3 Å². The second kappa shape index (κ2) is 10.2. The molecule has 2 aliphatic heterocycles. The molecule has 0 saturated carbocycles. The monoisotopic (exact) mass is 538 g/mol. The van der Waals surface area contributed by atoms with Gasteiger partial charge >= 0.3 is 0 Å². The lowest BCUT2D eigenvalue weighted by Crippen LogP contribution is -2.43. The minimum atomic E-state index is -0.675. The number of aryl methyl sites for hydroxylation is 1. The number of carbonyl (C=O) groups excluding carboxylic acids is 2. The first kappa shape index (κ1) is 26.4. The molecule has 2 aromatic carbocycles. The van der Waals surface area contributed by atoms with Crippen LogP contribution in [0.1, 0.15) is 61.2 Å². The first-order chi connectivity index (χ1) is 18.0. The number of rotatable bonds is 4. The summed E-state index contributed by atoms with van der Waals surface area (Å²) in [5, 5.41) is 4.40. The van der Waals surface area contributed by atoms with Gasteiger partial charge in [0.25, 0.3) is 0 Å². The van der Waals surface area contributed by atoms with Crippen LogP contribution in [0.5, 0.6) is 0 Å². The van der Waals surface area contributed by atoms with Crippen LogP contribution in [0.2, 0.25) is 0 Å². The van der Waals surface area contributed by atoms with Gasteiger partial charge < -0.3 is 4.90 Å². The van der Waals surface area contributed by atoms with Gasteiger partial charge in [-0.05, 0) is 43.5 Å². The zero-order valence-electron chi connectivity index (χ0n) is 22.1. The Labute approximate surface area is 226 Å². The zero-order valence-corrected chi connectivity index (χ0v) is 22.9. The molecular weight excluding hydrogens is 506 g/mol. The summed E-state index contributed by atoms with van der Waals surface area (Å²) < 4.78 is 30.8. The van der Waals surface area contributed by atoms with Crippen LogP contribution in [-0.2, 0) is 15.0 Å². The average molecular weight is 539 g/mol. The number of hydrogen-bond acceptors (Lipinski definition) is 4. The van der Waals surface area contributed by atoms with Crippen molar-refractivity contribution in [1.29, 1.82) is 0 Å². The number of likely N-dealkylation sites (tertiary alicyclic amines) is 1. The van der Waals surface area contributed by atoms with Crippen LogP contribution in [0.4, 0.5) is 14.6 Å². The predicted molar refractivity (Wildman–Crippen MR) is 146 cm³/mol. The van der Waals surface area contributed by atoms with E-state index in [2.05, 4.69) is 0 Å². The van der Waals surface area contributed by atoms with E-state index in [1.807, 2.05) is 52.0 Å². The molecule has 1 saturated heterocycles. The Balaban J connectivity index is 1.77. The number of fused-ring (bicyclic) bond motifs is 1.